The van der Waals surface area contributed by atoms with Gasteiger partial charge < -0.3 is 5.32 Å². The molecule has 3 rings (SSSR count). The Morgan fingerprint density at radius 1 is 1.08 bits per heavy atom. The molecular weight excluding hydrogens is 359 g/mol. The summed E-state index contributed by atoms with van der Waals surface area (Å²) >= 11 is 7.63. The maximum absolute atomic E-state index is 13.2. The second-order valence-corrected chi connectivity index (χ2v) is 6.80. The molecular formula is C19H16ClFN2OS. The zero-order valence-corrected chi connectivity index (χ0v) is 14.8. The standard InChI is InChI=1S/C19H16ClFN2OS/c20-15-4-1-2-5-16(15)23-18(24)12-22-19(17-6-3-11-25-17)13-7-9-14(21)10-8-13/h1-11,19,22H,12H2,(H,23,24). The van der Waals surface area contributed by atoms with Crippen LogP contribution in [0.1, 0.15) is 16.5 Å². The average Bonchev–Trinajstić information content (AvgIpc) is 3.13. The van der Waals surface area contributed by atoms with Crippen molar-refractivity contribution in [3.05, 3.63) is 87.3 Å². The molecule has 0 aliphatic rings. The largest absolute Gasteiger partial charge is 0.324 e. The van der Waals surface area contributed by atoms with E-state index in [1.54, 1.807) is 41.7 Å². The Morgan fingerprint density at radius 2 is 1.84 bits per heavy atom. The van der Waals surface area contributed by atoms with E-state index in [1.165, 1.54) is 12.1 Å². The lowest BCUT2D eigenvalue weighted by Gasteiger charge is -2.18. The molecule has 128 valence electrons. The molecule has 3 nitrogen and oxygen atoms in total. The molecule has 0 saturated heterocycles. The number of hydrogen-bond acceptors (Lipinski definition) is 3. The summed E-state index contributed by atoms with van der Waals surface area (Å²) in [4.78, 5) is 13.3. The zero-order chi connectivity index (χ0) is 17.6. The fourth-order valence-electron chi connectivity index (χ4n) is 2.45. The number of hydrogen-bond donors (Lipinski definition) is 2. The molecule has 25 heavy (non-hydrogen) atoms. The molecule has 1 aromatic heterocycles. The van der Waals surface area contributed by atoms with Crippen molar-refractivity contribution in [2.45, 2.75) is 6.04 Å². The highest BCUT2D eigenvalue weighted by molar-refractivity contribution is 7.10. The summed E-state index contributed by atoms with van der Waals surface area (Å²) in [6.07, 6.45) is 0. The van der Waals surface area contributed by atoms with Gasteiger partial charge in [-0.1, -0.05) is 41.9 Å². The lowest BCUT2D eigenvalue weighted by atomic mass is 10.1. The van der Waals surface area contributed by atoms with Crippen LogP contribution in [-0.4, -0.2) is 12.5 Å². The van der Waals surface area contributed by atoms with Crippen LogP contribution < -0.4 is 10.6 Å². The van der Waals surface area contributed by atoms with Crippen LogP contribution in [0.4, 0.5) is 10.1 Å². The first kappa shape index (κ1) is 17.6. The number of anilines is 1. The third kappa shape index (κ3) is 4.66. The number of carbonyl (C=O) groups excluding carboxylic acids is 1. The quantitative estimate of drug-likeness (QED) is 0.647. The summed E-state index contributed by atoms with van der Waals surface area (Å²) in [6, 6.07) is 17.1. The molecule has 1 amide bonds. The first-order valence-corrected chi connectivity index (χ1v) is 8.96. The van der Waals surface area contributed by atoms with E-state index in [0.29, 0.717) is 10.7 Å². The third-order valence-corrected chi connectivity index (χ3v) is 4.91. The van der Waals surface area contributed by atoms with Crippen LogP contribution in [0.5, 0.6) is 0 Å². The van der Waals surface area contributed by atoms with Gasteiger partial charge >= 0.3 is 0 Å². The molecule has 0 aliphatic heterocycles. The van der Waals surface area contributed by atoms with Crippen molar-refractivity contribution < 1.29 is 9.18 Å². The highest BCUT2D eigenvalue weighted by Crippen LogP contribution is 2.26. The summed E-state index contributed by atoms with van der Waals surface area (Å²) in [5, 5.41) is 8.47. The Morgan fingerprint density at radius 3 is 2.52 bits per heavy atom. The number of para-hydroxylation sites is 1. The van der Waals surface area contributed by atoms with Crippen molar-refractivity contribution in [3.8, 4) is 0 Å². The highest BCUT2D eigenvalue weighted by atomic mass is 35.5. The van der Waals surface area contributed by atoms with Gasteiger partial charge in [0.15, 0.2) is 0 Å². The van der Waals surface area contributed by atoms with Crippen molar-refractivity contribution in [2.75, 3.05) is 11.9 Å². The van der Waals surface area contributed by atoms with Crippen LogP contribution in [-0.2, 0) is 4.79 Å². The number of halogens is 2. The van der Waals surface area contributed by atoms with Gasteiger partial charge in [-0.25, -0.2) is 4.39 Å². The molecule has 0 fully saturated rings. The Bertz CT molecular complexity index is 837. The van der Waals surface area contributed by atoms with Crippen molar-refractivity contribution in [2.24, 2.45) is 0 Å². The number of amides is 1. The molecule has 1 atom stereocenters. The van der Waals surface area contributed by atoms with Crippen LogP contribution >= 0.6 is 22.9 Å². The van der Waals surface area contributed by atoms with Crippen molar-refractivity contribution in [1.29, 1.82) is 0 Å². The highest BCUT2D eigenvalue weighted by Gasteiger charge is 2.16. The van der Waals surface area contributed by atoms with Crippen LogP contribution in [0.3, 0.4) is 0 Å². The van der Waals surface area contributed by atoms with Gasteiger partial charge in [0, 0.05) is 4.88 Å². The molecule has 3 aromatic rings. The van der Waals surface area contributed by atoms with E-state index >= 15 is 0 Å². The Kier molecular flexibility index (Phi) is 5.81. The summed E-state index contributed by atoms with van der Waals surface area (Å²) in [7, 11) is 0. The van der Waals surface area contributed by atoms with Gasteiger partial charge in [0.2, 0.25) is 5.91 Å². The predicted molar refractivity (Wildman–Crippen MR) is 101 cm³/mol. The molecule has 0 bridgehead atoms. The van der Waals surface area contributed by atoms with Crippen LogP contribution in [0.2, 0.25) is 5.02 Å². The molecule has 1 heterocycles. The average molecular weight is 375 g/mol. The fraction of sp³-hybridized carbons (Fsp3) is 0.105. The SMILES string of the molecule is O=C(CNC(c1ccc(F)cc1)c1cccs1)Nc1ccccc1Cl. The maximum atomic E-state index is 13.2. The number of nitrogens with one attached hydrogen (secondary N) is 2. The normalized spacial score (nSPS) is 11.9. The minimum Gasteiger partial charge on any atom is -0.324 e. The molecule has 0 aliphatic carbocycles. The number of benzene rings is 2. The molecule has 6 heteroatoms. The predicted octanol–water partition coefficient (Wildman–Crippen LogP) is 4.86. The zero-order valence-electron chi connectivity index (χ0n) is 13.2. The van der Waals surface area contributed by atoms with Gasteiger partial charge in [0.25, 0.3) is 0 Å². The van der Waals surface area contributed by atoms with E-state index in [9.17, 15) is 9.18 Å². The molecule has 2 aromatic carbocycles. The van der Waals surface area contributed by atoms with Gasteiger partial charge in [-0.05, 0) is 41.3 Å². The Labute approximate surface area is 154 Å². The summed E-state index contributed by atoms with van der Waals surface area (Å²) in [5.74, 6) is -0.484. The molecule has 0 spiro atoms. The monoisotopic (exact) mass is 374 g/mol. The number of rotatable bonds is 6. The topological polar surface area (TPSA) is 41.1 Å². The minimum atomic E-state index is -0.287. The fourth-order valence-corrected chi connectivity index (χ4v) is 3.46. The van der Waals surface area contributed by atoms with E-state index < -0.39 is 0 Å². The van der Waals surface area contributed by atoms with Crippen LogP contribution in [0.15, 0.2) is 66.0 Å². The summed E-state index contributed by atoms with van der Waals surface area (Å²) in [5.41, 5.74) is 1.47. The van der Waals surface area contributed by atoms with E-state index in [1.807, 2.05) is 23.6 Å². The number of thiophene rings is 1. The summed E-state index contributed by atoms with van der Waals surface area (Å²) < 4.78 is 13.2. The van der Waals surface area contributed by atoms with Crippen molar-refractivity contribution >= 4 is 34.5 Å². The Balaban J connectivity index is 1.70. The van der Waals surface area contributed by atoms with Gasteiger partial charge in [-0.15, -0.1) is 11.3 Å². The lowest BCUT2D eigenvalue weighted by molar-refractivity contribution is -0.115. The molecule has 1 unspecified atom stereocenters. The first-order valence-electron chi connectivity index (χ1n) is 7.70. The van der Waals surface area contributed by atoms with Crippen molar-refractivity contribution in [1.82, 2.24) is 5.32 Å². The smallest absolute Gasteiger partial charge is 0.238 e. The maximum Gasteiger partial charge on any atom is 0.238 e. The minimum absolute atomic E-state index is 0.102. The van der Waals surface area contributed by atoms with E-state index in [4.69, 9.17) is 11.6 Å². The van der Waals surface area contributed by atoms with Crippen molar-refractivity contribution in [3.63, 3.8) is 0 Å². The Hall–Kier alpha value is -2.21. The molecule has 0 radical (unpaired) electrons. The van der Waals surface area contributed by atoms with Crippen LogP contribution in [0, 0.1) is 5.82 Å². The van der Waals surface area contributed by atoms with Gasteiger partial charge in [0.05, 0.1) is 23.3 Å². The second-order valence-electron chi connectivity index (χ2n) is 5.41. The van der Waals surface area contributed by atoms with Crippen LogP contribution in [0.25, 0.3) is 0 Å². The number of carbonyl (C=O) groups is 1. The van der Waals surface area contributed by atoms with Gasteiger partial charge in [-0.3, -0.25) is 10.1 Å². The lowest BCUT2D eigenvalue weighted by Crippen LogP contribution is -2.31. The molecule has 2 N–H and O–H groups in total. The van der Waals surface area contributed by atoms with E-state index in [2.05, 4.69) is 10.6 Å². The van der Waals surface area contributed by atoms with E-state index in [0.717, 1.165) is 10.4 Å². The van der Waals surface area contributed by atoms with Gasteiger partial charge in [0.1, 0.15) is 5.82 Å². The van der Waals surface area contributed by atoms with Gasteiger partial charge in [-0.2, -0.15) is 0 Å². The second kappa shape index (κ2) is 8.25. The third-order valence-electron chi connectivity index (χ3n) is 3.65. The summed E-state index contributed by atoms with van der Waals surface area (Å²) in [6.45, 7) is 0.102. The van der Waals surface area contributed by atoms with E-state index in [-0.39, 0.29) is 24.3 Å². The molecule has 0 saturated carbocycles. The first-order chi connectivity index (χ1) is 12.1.